The van der Waals surface area contributed by atoms with Crippen LogP contribution in [0.5, 0.6) is 0 Å². The second-order valence-electron chi connectivity index (χ2n) is 7.58. The summed E-state index contributed by atoms with van der Waals surface area (Å²) in [6, 6.07) is 14.5. The molecule has 1 amide bonds. The molecule has 0 unspecified atom stereocenters. The van der Waals surface area contributed by atoms with E-state index in [-0.39, 0.29) is 17.6 Å². The number of nitrogens with one attached hydrogen (secondary N) is 2. The molecular formula is C22H27ClN4O3. The molecule has 1 aliphatic rings. The van der Waals surface area contributed by atoms with Crippen molar-refractivity contribution >= 4 is 28.9 Å². The van der Waals surface area contributed by atoms with E-state index in [4.69, 9.17) is 11.6 Å². The van der Waals surface area contributed by atoms with Crippen LogP contribution in [0.3, 0.4) is 0 Å². The lowest BCUT2D eigenvalue weighted by molar-refractivity contribution is -0.384. The summed E-state index contributed by atoms with van der Waals surface area (Å²) in [7, 11) is 0. The van der Waals surface area contributed by atoms with Crippen molar-refractivity contribution in [2.75, 3.05) is 25.0 Å². The fourth-order valence-electron chi connectivity index (χ4n) is 3.57. The maximum absolute atomic E-state index is 12.2. The molecular weight excluding hydrogens is 404 g/mol. The quantitative estimate of drug-likeness (QED) is 0.353. The second-order valence-corrected chi connectivity index (χ2v) is 8.02. The SMILES string of the molecule is O=C(CCCNc1ccc([N+](=O)[O-])cc1)NC1CCN(Cc2ccc(Cl)cc2)CC1. The van der Waals surface area contributed by atoms with Gasteiger partial charge in [-0.15, -0.1) is 0 Å². The Balaban J connectivity index is 1.29. The lowest BCUT2D eigenvalue weighted by atomic mass is 10.0. The Morgan fingerprint density at radius 2 is 1.77 bits per heavy atom. The van der Waals surface area contributed by atoms with Crippen LogP contribution < -0.4 is 10.6 Å². The number of benzene rings is 2. The molecule has 3 rings (SSSR count). The number of non-ortho nitro benzene ring substituents is 1. The zero-order valence-electron chi connectivity index (χ0n) is 16.9. The van der Waals surface area contributed by atoms with Gasteiger partial charge in [-0.2, -0.15) is 0 Å². The van der Waals surface area contributed by atoms with Gasteiger partial charge in [-0.1, -0.05) is 23.7 Å². The highest BCUT2D eigenvalue weighted by Gasteiger charge is 2.20. The summed E-state index contributed by atoms with van der Waals surface area (Å²) >= 11 is 5.93. The summed E-state index contributed by atoms with van der Waals surface area (Å²) in [5.74, 6) is 0.0802. The first-order valence-corrected chi connectivity index (χ1v) is 10.6. The molecule has 160 valence electrons. The smallest absolute Gasteiger partial charge is 0.269 e. The van der Waals surface area contributed by atoms with E-state index in [9.17, 15) is 14.9 Å². The Hall–Kier alpha value is -2.64. The minimum atomic E-state index is -0.420. The standard InChI is InChI=1S/C22H27ClN4O3/c23-18-5-3-17(4-6-18)16-26-14-11-20(12-15-26)25-22(28)2-1-13-24-19-7-9-21(10-8-19)27(29)30/h3-10,20,24H,1-2,11-16H2,(H,25,28). The molecule has 0 saturated carbocycles. The van der Waals surface area contributed by atoms with E-state index in [0.29, 0.717) is 19.4 Å². The number of anilines is 1. The van der Waals surface area contributed by atoms with Gasteiger partial charge in [0.05, 0.1) is 4.92 Å². The molecule has 30 heavy (non-hydrogen) atoms. The van der Waals surface area contributed by atoms with Crippen LogP contribution in [0.4, 0.5) is 11.4 Å². The number of amides is 1. The number of nitro groups is 1. The normalized spacial score (nSPS) is 15.0. The highest BCUT2D eigenvalue weighted by Crippen LogP contribution is 2.17. The summed E-state index contributed by atoms with van der Waals surface area (Å²) in [4.78, 5) is 24.8. The third kappa shape index (κ3) is 7.00. The van der Waals surface area contributed by atoms with Gasteiger partial charge in [0.25, 0.3) is 5.69 Å². The van der Waals surface area contributed by atoms with Gasteiger partial charge in [0, 0.05) is 61.5 Å². The number of carbonyl (C=O) groups excluding carboxylic acids is 1. The monoisotopic (exact) mass is 430 g/mol. The van der Waals surface area contributed by atoms with Crippen molar-refractivity contribution in [1.29, 1.82) is 0 Å². The predicted octanol–water partition coefficient (Wildman–Crippen LogP) is 4.22. The van der Waals surface area contributed by atoms with Crippen LogP contribution in [0.15, 0.2) is 48.5 Å². The van der Waals surface area contributed by atoms with Crippen LogP contribution >= 0.6 is 11.6 Å². The van der Waals surface area contributed by atoms with Crippen molar-refractivity contribution in [3.05, 3.63) is 69.2 Å². The predicted molar refractivity (Wildman–Crippen MR) is 119 cm³/mol. The zero-order valence-corrected chi connectivity index (χ0v) is 17.6. The molecule has 2 aromatic carbocycles. The maximum Gasteiger partial charge on any atom is 0.269 e. The number of nitrogens with zero attached hydrogens (tertiary/aromatic N) is 2. The van der Waals surface area contributed by atoms with E-state index in [2.05, 4.69) is 27.7 Å². The number of likely N-dealkylation sites (tertiary alicyclic amines) is 1. The lowest BCUT2D eigenvalue weighted by Gasteiger charge is -2.32. The molecule has 2 N–H and O–H groups in total. The number of rotatable bonds is 9. The number of carbonyl (C=O) groups is 1. The van der Waals surface area contributed by atoms with Gasteiger partial charge in [0.15, 0.2) is 0 Å². The fraction of sp³-hybridized carbons (Fsp3) is 0.409. The fourth-order valence-corrected chi connectivity index (χ4v) is 3.69. The number of hydrogen-bond acceptors (Lipinski definition) is 5. The third-order valence-corrected chi connectivity index (χ3v) is 5.51. The summed E-state index contributed by atoms with van der Waals surface area (Å²) < 4.78 is 0. The Kier molecular flexibility index (Phi) is 8.04. The van der Waals surface area contributed by atoms with Crippen LogP contribution in [-0.2, 0) is 11.3 Å². The molecule has 0 aliphatic carbocycles. The van der Waals surface area contributed by atoms with Gasteiger partial charge in [-0.05, 0) is 49.1 Å². The molecule has 2 aromatic rings. The number of piperidine rings is 1. The molecule has 8 heteroatoms. The third-order valence-electron chi connectivity index (χ3n) is 5.26. The van der Waals surface area contributed by atoms with Crippen molar-refractivity contribution in [2.45, 2.75) is 38.3 Å². The minimum absolute atomic E-state index is 0.0686. The van der Waals surface area contributed by atoms with Crippen LogP contribution in [0.1, 0.15) is 31.2 Å². The van der Waals surface area contributed by atoms with Crippen LogP contribution in [-0.4, -0.2) is 41.4 Å². The molecule has 7 nitrogen and oxygen atoms in total. The second kappa shape index (κ2) is 10.9. The molecule has 0 atom stereocenters. The summed E-state index contributed by atoms with van der Waals surface area (Å²) in [6.45, 7) is 3.49. The highest BCUT2D eigenvalue weighted by molar-refractivity contribution is 6.30. The average Bonchev–Trinajstić information content (AvgIpc) is 2.74. The van der Waals surface area contributed by atoms with Crippen molar-refractivity contribution in [3.8, 4) is 0 Å². The first-order chi connectivity index (χ1) is 14.5. The molecule has 0 radical (unpaired) electrons. The molecule has 1 fully saturated rings. The highest BCUT2D eigenvalue weighted by atomic mass is 35.5. The van der Waals surface area contributed by atoms with E-state index in [0.717, 1.165) is 43.2 Å². The topological polar surface area (TPSA) is 87.5 Å². The molecule has 1 heterocycles. The summed E-state index contributed by atoms with van der Waals surface area (Å²) in [5, 5.41) is 17.7. The lowest BCUT2D eigenvalue weighted by Crippen LogP contribution is -2.44. The van der Waals surface area contributed by atoms with Crippen molar-refractivity contribution in [3.63, 3.8) is 0 Å². The Morgan fingerprint density at radius 3 is 2.40 bits per heavy atom. The maximum atomic E-state index is 12.2. The van der Waals surface area contributed by atoms with E-state index in [1.807, 2.05) is 12.1 Å². The Labute approximate surface area is 181 Å². The van der Waals surface area contributed by atoms with Gasteiger partial charge in [0.2, 0.25) is 5.91 Å². The van der Waals surface area contributed by atoms with Gasteiger partial charge in [0.1, 0.15) is 0 Å². The van der Waals surface area contributed by atoms with Crippen LogP contribution in [0.2, 0.25) is 5.02 Å². The zero-order chi connectivity index (χ0) is 21.3. The van der Waals surface area contributed by atoms with Gasteiger partial charge in [-0.3, -0.25) is 19.8 Å². The largest absolute Gasteiger partial charge is 0.385 e. The van der Waals surface area contributed by atoms with Gasteiger partial charge in [-0.25, -0.2) is 0 Å². The molecule has 1 saturated heterocycles. The number of nitro benzene ring substituents is 1. The van der Waals surface area contributed by atoms with Gasteiger partial charge >= 0.3 is 0 Å². The first kappa shape index (κ1) is 22.1. The average molecular weight is 431 g/mol. The number of hydrogen-bond donors (Lipinski definition) is 2. The van der Waals surface area contributed by atoms with E-state index < -0.39 is 4.92 Å². The Morgan fingerprint density at radius 1 is 1.10 bits per heavy atom. The van der Waals surface area contributed by atoms with E-state index in [1.165, 1.54) is 17.7 Å². The van der Waals surface area contributed by atoms with Crippen molar-refractivity contribution in [2.24, 2.45) is 0 Å². The van der Waals surface area contributed by atoms with Crippen molar-refractivity contribution < 1.29 is 9.72 Å². The molecule has 0 spiro atoms. The van der Waals surface area contributed by atoms with Crippen LogP contribution in [0.25, 0.3) is 0 Å². The number of halogens is 1. The summed E-state index contributed by atoms with van der Waals surface area (Å²) in [5.41, 5.74) is 2.13. The molecule has 1 aliphatic heterocycles. The first-order valence-electron chi connectivity index (χ1n) is 10.2. The minimum Gasteiger partial charge on any atom is -0.385 e. The molecule has 0 aromatic heterocycles. The van der Waals surface area contributed by atoms with E-state index in [1.54, 1.807) is 12.1 Å². The van der Waals surface area contributed by atoms with E-state index >= 15 is 0 Å². The van der Waals surface area contributed by atoms with Crippen molar-refractivity contribution in [1.82, 2.24) is 10.2 Å². The molecule has 0 bridgehead atoms. The summed E-state index contributed by atoms with van der Waals surface area (Å²) in [6.07, 6.45) is 3.09. The Bertz CT molecular complexity index is 834. The van der Waals surface area contributed by atoms with Crippen LogP contribution in [0, 0.1) is 10.1 Å². The van der Waals surface area contributed by atoms with Gasteiger partial charge < -0.3 is 10.6 Å².